The van der Waals surface area contributed by atoms with Gasteiger partial charge in [-0.15, -0.1) is 0 Å². The highest BCUT2D eigenvalue weighted by molar-refractivity contribution is 7.88. The standard InChI is InChI=1S/C14H20F3N3O2S/c1-19(23(2,21)22)10-11-4-7-20(8-5-11)13-9-12(3-6-18-13)14(15,16)17/h3,6,9,11H,4-5,7-8,10H2,1-2H3. The molecule has 23 heavy (non-hydrogen) atoms. The Morgan fingerprint density at radius 1 is 1.35 bits per heavy atom. The van der Waals surface area contributed by atoms with E-state index in [4.69, 9.17) is 0 Å². The first-order chi connectivity index (χ1) is 10.6. The van der Waals surface area contributed by atoms with Crippen LogP contribution in [0.4, 0.5) is 19.0 Å². The Morgan fingerprint density at radius 2 is 1.96 bits per heavy atom. The third kappa shape index (κ3) is 4.81. The number of hydrogen-bond acceptors (Lipinski definition) is 4. The number of rotatable bonds is 4. The fourth-order valence-electron chi connectivity index (χ4n) is 2.61. The van der Waals surface area contributed by atoms with Gasteiger partial charge in [0.15, 0.2) is 0 Å². The van der Waals surface area contributed by atoms with Gasteiger partial charge in [0, 0.05) is 32.9 Å². The summed E-state index contributed by atoms with van der Waals surface area (Å²) in [6.45, 7) is 1.57. The zero-order valence-electron chi connectivity index (χ0n) is 13.0. The maximum absolute atomic E-state index is 12.7. The molecule has 0 bridgehead atoms. The van der Waals surface area contributed by atoms with E-state index < -0.39 is 21.8 Å². The largest absolute Gasteiger partial charge is 0.416 e. The van der Waals surface area contributed by atoms with Gasteiger partial charge < -0.3 is 4.90 Å². The molecular formula is C14H20F3N3O2S. The molecule has 5 nitrogen and oxygen atoms in total. The molecule has 0 aliphatic carbocycles. The molecule has 2 heterocycles. The number of anilines is 1. The molecule has 0 atom stereocenters. The Morgan fingerprint density at radius 3 is 2.48 bits per heavy atom. The molecule has 130 valence electrons. The second-order valence-electron chi connectivity index (χ2n) is 5.87. The zero-order valence-corrected chi connectivity index (χ0v) is 13.9. The molecular weight excluding hydrogens is 331 g/mol. The minimum atomic E-state index is -4.38. The van der Waals surface area contributed by atoms with Crippen molar-refractivity contribution in [2.24, 2.45) is 5.92 Å². The van der Waals surface area contributed by atoms with E-state index in [1.165, 1.54) is 17.5 Å². The van der Waals surface area contributed by atoms with Gasteiger partial charge in [0.05, 0.1) is 11.8 Å². The highest BCUT2D eigenvalue weighted by atomic mass is 32.2. The molecule has 1 aliphatic heterocycles. The fraction of sp³-hybridized carbons (Fsp3) is 0.643. The SMILES string of the molecule is CN(CC1CCN(c2cc(C(F)(F)F)ccn2)CC1)S(C)(=O)=O. The number of sulfonamides is 1. The monoisotopic (exact) mass is 351 g/mol. The van der Waals surface area contributed by atoms with Crippen LogP contribution in [-0.4, -0.2) is 50.6 Å². The average Bonchev–Trinajstić information content (AvgIpc) is 2.46. The van der Waals surface area contributed by atoms with Gasteiger partial charge in [0.1, 0.15) is 5.82 Å². The Hall–Kier alpha value is -1.35. The van der Waals surface area contributed by atoms with Gasteiger partial charge in [0.2, 0.25) is 10.0 Å². The molecule has 1 aliphatic rings. The van der Waals surface area contributed by atoms with E-state index in [-0.39, 0.29) is 5.92 Å². The van der Waals surface area contributed by atoms with Crippen molar-refractivity contribution in [2.45, 2.75) is 19.0 Å². The van der Waals surface area contributed by atoms with Crippen LogP contribution < -0.4 is 4.90 Å². The molecule has 0 amide bonds. The average molecular weight is 351 g/mol. The van der Waals surface area contributed by atoms with E-state index in [9.17, 15) is 21.6 Å². The molecule has 0 saturated carbocycles. The van der Waals surface area contributed by atoms with E-state index in [1.807, 2.05) is 4.90 Å². The summed E-state index contributed by atoms with van der Waals surface area (Å²) in [5.74, 6) is 0.520. The number of halogens is 3. The Labute approximate surface area is 134 Å². The second-order valence-corrected chi connectivity index (χ2v) is 7.96. The van der Waals surface area contributed by atoms with Crippen LogP contribution in [0.15, 0.2) is 18.3 Å². The maximum atomic E-state index is 12.7. The van der Waals surface area contributed by atoms with Gasteiger partial charge in [-0.25, -0.2) is 17.7 Å². The molecule has 0 radical (unpaired) electrons. The molecule has 1 saturated heterocycles. The van der Waals surface area contributed by atoms with Gasteiger partial charge in [-0.3, -0.25) is 0 Å². The summed E-state index contributed by atoms with van der Waals surface area (Å²) in [4.78, 5) is 5.83. The van der Waals surface area contributed by atoms with Crippen molar-refractivity contribution in [3.05, 3.63) is 23.9 Å². The van der Waals surface area contributed by atoms with E-state index >= 15 is 0 Å². The van der Waals surface area contributed by atoms with Crippen LogP contribution in [0.5, 0.6) is 0 Å². The highest BCUT2D eigenvalue weighted by Crippen LogP contribution is 2.31. The van der Waals surface area contributed by atoms with E-state index in [2.05, 4.69) is 4.98 Å². The first-order valence-electron chi connectivity index (χ1n) is 7.27. The minimum absolute atomic E-state index is 0.205. The van der Waals surface area contributed by atoms with Crippen molar-refractivity contribution in [2.75, 3.05) is 37.8 Å². The van der Waals surface area contributed by atoms with Crippen LogP contribution in [0.3, 0.4) is 0 Å². The van der Waals surface area contributed by atoms with Crippen molar-refractivity contribution in [3.8, 4) is 0 Å². The molecule has 1 aromatic rings. The van der Waals surface area contributed by atoms with Crippen LogP contribution in [0, 0.1) is 5.92 Å². The number of piperidine rings is 1. The topological polar surface area (TPSA) is 53.5 Å². The normalized spacial score (nSPS) is 17.7. The second kappa shape index (κ2) is 6.64. The quantitative estimate of drug-likeness (QED) is 0.835. The number of alkyl halides is 3. The summed E-state index contributed by atoms with van der Waals surface area (Å²) >= 11 is 0. The summed E-state index contributed by atoms with van der Waals surface area (Å²) in [5.41, 5.74) is -0.707. The Bertz CT molecular complexity index is 641. The summed E-state index contributed by atoms with van der Waals surface area (Å²) in [6, 6.07) is 2.01. The summed E-state index contributed by atoms with van der Waals surface area (Å²) in [5, 5.41) is 0. The van der Waals surface area contributed by atoms with E-state index in [0.29, 0.717) is 25.5 Å². The van der Waals surface area contributed by atoms with Crippen LogP contribution in [0.25, 0.3) is 0 Å². The number of hydrogen-bond donors (Lipinski definition) is 0. The summed E-state index contributed by atoms with van der Waals surface area (Å²) in [7, 11) is -1.67. The fourth-order valence-corrected chi connectivity index (χ4v) is 3.09. The first-order valence-corrected chi connectivity index (χ1v) is 9.11. The third-order valence-corrected chi connectivity index (χ3v) is 5.37. The van der Waals surface area contributed by atoms with Gasteiger partial charge in [-0.05, 0) is 30.9 Å². The molecule has 1 aromatic heterocycles. The van der Waals surface area contributed by atoms with Gasteiger partial charge in [-0.2, -0.15) is 13.2 Å². The van der Waals surface area contributed by atoms with Crippen molar-refractivity contribution in [3.63, 3.8) is 0 Å². The van der Waals surface area contributed by atoms with Crippen molar-refractivity contribution >= 4 is 15.8 Å². The lowest BCUT2D eigenvalue weighted by molar-refractivity contribution is -0.137. The molecule has 0 N–H and O–H groups in total. The lowest BCUT2D eigenvalue weighted by Gasteiger charge is -2.34. The van der Waals surface area contributed by atoms with Gasteiger partial charge >= 0.3 is 6.18 Å². The van der Waals surface area contributed by atoms with E-state index in [0.717, 1.165) is 31.2 Å². The zero-order chi connectivity index (χ0) is 17.3. The first kappa shape index (κ1) is 18.0. The highest BCUT2D eigenvalue weighted by Gasteiger charge is 2.31. The van der Waals surface area contributed by atoms with Crippen molar-refractivity contribution in [1.29, 1.82) is 0 Å². The summed E-state index contributed by atoms with van der Waals surface area (Å²) < 4.78 is 62.4. The van der Waals surface area contributed by atoms with E-state index in [1.54, 1.807) is 0 Å². The third-order valence-electron chi connectivity index (χ3n) is 4.09. The number of pyridine rings is 1. The number of nitrogens with zero attached hydrogens (tertiary/aromatic N) is 3. The Balaban J connectivity index is 1.97. The number of aromatic nitrogens is 1. The van der Waals surface area contributed by atoms with Crippen LogP contribution in [0.2, 0.25) is 0 Å². The van der Waals surface area contributed by atoms with Crippen molar-refractivity contribution in [1.82, 2.24) is 9.29 Å². The Kier molecular flexibility index (Phi) is 5.20. The lowest BCUT2D eigenvalue weighted by atomic mass is 9.97. The predicted octanol–water partition coefficient (Wildman–Crippen LogP) is 2.21. The molecule has 9 heteroatoms. The summed E-state index contributed by atoms with van der Waals surface area (Å²) in [6.07, 6.45) is -0.611. The van der Waals surface area contributed by atoms with Crippen LogP contribution in [0.1, 0.15) is 18.4 Å². The minimum Gasteiger partial charge on any atom is -0.357 e. The van der Waals surface area contributed by atoms with Gasteiger partial charge in [-0.1, -0.05) is 0 Å². The predicted molar refractivity (Wildman–Crippen MR) is 81.6 cm³/mol. The molecule has 0 aromatic carbocycles. The van der Waals surface area contributed by atoms with Crippen molar-refractivity contribution < 1.29 is 21.6 Å². The van der Waals surface area contributed by atoms with Crippen LogP contribution >= 0.6 is 0 Å². The molecule has 2 rings (SSSR count). The molecule has 1 fully saturated rings. The molecule has 0 unspecified atom stereocenters. The van der Waals surface area contributed by atoms with Crippen LogP contribution in [-0.2, 0) is 16.2 Å². The molecule has 0 spiro atoms. The maximum Gasteiger partial charge on any atom is 0.416 e. The lowest BCUT2D eigenvalue weighted by Crippen LogP contribution is -2.39. The van der Waals surface area contributed by atoms with Gasteiger partial charge in [0.25, 0.3) is 0 Å². The smallest absolute Gasteiger partial charge is 0.357 e.